The molecule has 0 amide bonds. The molecule has 1 aliphatic heterocycles. The van der Waals surface area contributed by atoms with Crippen molar-refractivity contribution in [3.05, 3.63) is 53.6 Å². The van der Waals surface area contributed by atoms with Crippen LogP contribution in [0.5, 0.6) is 5.75 Å². The summed E-state index contributed by atoms with van der Waals surface area (Å²) in [5.74, 6) is 2.15. The first kappa shape index (κ1) is 19.8. The summed E-state index contributed by atoms with van der Waals surface area (Å²) in [6, 6.07) is 8.10. The molecule has 1 atom stereocenters. The maximum absolute atomic E-state index is 6.93. The largest absolute Gasteiger partial charge is 0.496 e. The van der Waals surface area contributed by atoms with Gasteiger partial charge in [-0.1, -0.05) is 12.6 Å². The van der Waals surface area contributed by atoms with Crippen LogP contribution in [0.2, 0.25) is 0 Å². The minimum Gasteiger partial charge on any atom is -0.496 e. The second-order valence-electron chi connectivity index (χ2n) is 7.08. The van der Waals surface area contributed by atoms with Crippen molar-refractivity contribution >= 4 is 17.5 Å². The van der Waals surface area contributed by atoms with E-state index in [0.29, 0.717) is 17.7 Å². The van der Waals surface area contributed by atoms with Gasteiger partial charge in [0.15, 0.2) is 17.8 Å². The fourth-order valence-corrected chi connectivity index (χ4v) is 3.55. The quantitative estimate of drug-likeness (QED) is 0.582. The lowest BCUT2D eigenvalue weighted by Crippen LogP contribution is -2.22. The molecule has 3 heterocycles. The topological polar surface area (TPSA) is 92.6 Å². The normalized spacial score (nSPS) is 16.4. The van der Waals surface area contributed by atoms with Gasteiger partial charge in [-0.3, -0.25) is 10.00 Å². The number of H-pyrrole nitrogens is 1. The molecule has 3 aromatic rings. The van der Waals surface area contributed by atoms with Gasteiger partial charge in [-0.05, 0) is 24.1 Å². The number of hydrogen-bond donors (Lipinski definition) is 2. The van der Waals surface area contributed by atoms with Crippen molar-refractivity contribution < 1.29 is 9.47 Å². The number of likely N-dealkylation sites (tertiary alicyclic amines) is 1. The molecule has 9 heteroatoms. The molecule has 154 valence electrons. The van der Waals surface area contributed by atoms with Gasteiger partial charge in [0.05, 0.1) is 25.1 Å². The predicted octanol–water partition coefficient (Wildman–Crippen LogP) is 3.39. The van der Waals surface area contributed by atoms with Crippen molar-refractivity contribution in [1.29, 1.82) is 0 Å². The Hall–Kier alpha value is -3.48. The highest BCUT2D eigenvalue weighted by Gasteiger charge is 2.22. The van der Waals surface area contributed by atoms with E-state index in [2.05, 4.69) is 47.4 Å². The molecule has 1 aliphatic rings. The molecule has 0 unspecified atom stereocenters. The van der Waals surface area contributed by atoms with Gasteiger partial charge in [-0.2, -0.15) is 5.10 Å². The first-order valence-corrected chi connectivity index (χ1v) is 9.63. The molecule has 1 fully saturated rings. The molecular weight excluding hydrogens is 382 g/mol. The molecule has 9 nitrogen and oxygen atoms in total. The minimum atomic E-state index is 0.250. The number of aromatic amines is 1. The summed E-state index contributed by atoms with van der Waals surface area (Å²) in [7, 11) is 3.44. The van der Waals surface area contributed by atoms with Gasteiger partial charge in [0.25, 0.3) is 5.82 Å². The summed E-state index contributed by atoms with van der Waals surface area (Å²) < 4.78 is 11.1. The Morgan fingerprint density at radius 3 is 2.83 bits per heavy atom. The van der Waals surface area contributed by atoms with Crippen molar-refractivity contribution in [2.24, 2.45) is 0 Å². The molecule has 1 aromatic carbocycles. The minimum absolute atomic E-state index is 0.250. The number of nitrogens with one attached hydrogen (secondary N) is 2. The second-order valence-corrected chi connectivity index (χ2v) is 7.08. The summed E-state index contributed by atoms with van der Waals surface area (Å²) in [5, 5.41) is 10.4. The Kier molecular flexibility index (Phi) is 5.88. The highest BCUT2D eigenvalue weighted by Crippen LogP contribution is 2.32. The van der Waals surface area contributed by atoms with Crippen molar-refractivity contribution in [2.45, 2.75) is 19.1 Å². The van der Waals surface area contributed by atoms with Crippen LogP contribution < -0.4 is 10.1 Å². The highest BCUT2D eigenvalue weighted by molar-refractivity contribution is 5.71. The Morgan fingerprint density at radius 2 is 2.13 bits per heavy atom. The zero-order chi connectivity index (χ0) is 20.9. The third-order valence-corrected chi connectivity index (χ3v) is 5.11. The summed E-state index contributed by atoms with van der Waals surface area (Å²) in [6.07, 6.45) is 4.31. The molecule has 30 heavy (non-hydrogen) atoms. The van der Waals surface area contributed by atoms with Crippen molar-refractivity contribution in [3.8, 4) is 17.0 Å². The SMILES string of the molecule is [C-]#[N+]c1cnc(Nc2cc(-c3ccc(CN4CC[C@@H](OC)C4)cc3OC)[nH]n2)cn1. The zero-order valence-corrected chi connectivity index (χ0v) is 16.9. The highest BCUT2D eigenvalue weighted by atomic mass is 16.5. The number of methoxy groups -OCH3 is 2. The van der Waals surface area contributed by atoms with Gasteiger partial charge in [0, 0.05) is 38.4 Å². The molecule has 0 saturated carbocycles. The lowest BCUT2D eigenvalue weighted by molar-refractivity contribution is 0.107. The maximum Gasteiger partial charge on any atom is 0.288 e. The van der Waals surface area contributed by atoms with E-state index in [1.807, 2.05) is 12.1 Å². The average Bonchev–Trinajstić information content (AvgIpc) is 3.43. The number of rotatable bonds is 7. The molecule has 0 bridgehead atoms. The molecule has 0 aliphatic carbocycles. The van der Waals surface area contributed by atoms with E-state index >= 15 is 0 Å². The summed E-state index contributed by atoms with van der Waals surface area (Å²) in [5.41, 5.74) is 2.94. The van der Waals surface area contributed by atoms with Crippen LogP contribution in [-0.4, -0.2) is 58.5 Å². The van der Waals surface area contributed by atoms with Crippen LogP contribution in [0.4, 0.5) is 17.5 Å². The molecule has 2 N–H and O–H groups in total. The van der Waals surface area contributed by atoms with Crippen LogP contribution in [0.25, 0.3) is 16.1 Å². The second kappa shape index (κ2) is 8.90. The molecule has 0 radical (unpaired) electrons. The summed E-state index contributed by atoms with van der Waals surface area (Å²) >= 11 is 0. The number of anilines is 2. The number of hydrogen-bond acceptors (Lipinski definition) is 7. The van der Waals surface area contributed by atoms with Crippen LogP contribution in [0, 0.1) is 6.57 Å². The predicted molar refractivity (Wildman–Crippen MR) is 113 cm³/mol. The number of aromatic nitrogens is 4. The molecule has 2 aromatic heterocycles. The molecular formula is C21H23N7O2. The van der Waals surface area contributed by atoms with Crippen LogP contribution in [0.3, 0.4) is 0 Å². The number of ether oxygens (including phenoxy) is 2. The van der Waals surface area contributed by atoms with E-state index in [0.717, 1.165) is 43.1 Å². The Bertz CT molecular complexity index is 1040. The third kappa shape index (κ3) is 4.40. The van der Waals surface area contributed by atoms with Gasteiger partial charge in [-0.15, -0.1) is 4.98 Å². The van der Waals surface area contributed by atoms with Crippen LogP contribution in [-0.2, 0) is 11.3 Å². The van der Waals surface area contributed by atoms with E-state index in [4.69, 9.17) is 16.0 Å². The first-order chi connectivity index (χ1) is 14.7. The van der Waals surface area contributed by atoms with Gasteiger partial charge >= 0.3 is 0 Å². The van der Waals surface area contributed by atoms with E-state index < -0.39 is 0 Å². The van der Waals surface area contributed by atoms with Crippen molar-refractivity contribution in [1.82, 2.24) is 25.1 Å². The fourth-order valence-electron chi connectivity index (χ4n) is 3.55. The lowest BCUT2D eigenvalue weighted by Gasteiger charge is -2.17. The first-order valence-electron chi connectivity index (χ1n) is 9.63. The average molecular weight is 405 g/mol. The van der Waals surface area contributed by atoms with Gasteiger partial charge in [-0.25, -0.2) is 4.98 Å². The van der Waals surface area contributed by atoms with E-state index in [1.54, 1.807) is 14.2 Å². The Labute approximate surface area is 174 Å². The smallest absolute Gasteiger partial charge is 0.288 e. The summed E-state index contributed by atoms with van der Waals surface area (Å²) in [4.78, 5) is 13.8. The van der Waals surface area contributed by atoms with Gasteiger partial charge in [0.2, 0.25) is 0 Å². The van der Waals surface area contributed by atoms with Crippen LogP contribution >= 0.6 is 0 Å². The van der Waals surface area contributed by atoms with E-state index in [-0.39, 0.29) is 5.82 Å². The zero-order valence-electron chi connectivity index (χ0n) is 16.9. The standard InChI is InChI=1S/C21H23N7O2/c1-22-20-10-24-21(11-23-20)25-19-9-17(26-27-19)16-5-4-14(8-18(16)30-3)12-28-7-6-15(13-28)29-2/h4-5,8-11,15H,6-7,12-13H2,2-3H3,(H2,24,25,26,27)/t15-/m1/s1. The lowest BCUT2D eigenvalue weighted by atomic mass is 10.1. The fraction of sp³-hybridized carbons (Fsp3) is 0.333. The Morgan fingerprint density at radius 1 is 1.23 bits per heavy atom. The van der Waals surface area contributed by atoms with Crippen LogP contribution in [0.15, 0.2) is 36.7 Å². The third-order valence-electron chi connectivity index (χ3n) is 5.11. The van der Waals surface area contributed by atoms with Gasteiger partial charge in [0.1, 0.15) is 5.75 Å². The van der Waals surface area contributed by atoms with Crippen LogP contribution in [0.1, 0.15) is 12.0 Å². The monoisotopic (exact) mass is 405 g/mol. The number of benzene rings is 1. The van der Waals surface area contributed by atoms with Crippen molar-refractivity contribution in [2.75, 3.05) is 32.6 Å². The molecule has 4 rings (SSSR count). The van der Waals surface area contributed by atoms with Gasteiger partial charge < -0.3 is 19.6 Å². The van der Waals surface area contributed by atoms with E-state index in [1.165, 1.54) is 18.0 Å². The number of nitrogens with zero attached hydrogens (tertiary/aromatic N) is 5. The Balaban J connectivity index is 1.47. The molecule has 1 saturated heterocycles. The van der Waals surface area contributed by atoms with E-state index in [9.17, 15) is 0 Å². The summed E-state index contributed by atoms with van der Waals surface area (Å²) in [6.45, 7) is 9.79. The maximum atomic E-state index is 6.93. The van der Waals surface area contributed by atoms with Crippen molar-refractivity contribution in [3.63, 3.8) is 0 Å². The molecule has 0 spiro atoms.